The molecule has 1 aliphatic heterocycles. The molecule has 0 radical (unpaired) electrons. The van der Waals surface area contributed by atoms with Gasteiger partial charge in [-0.2, -0.15) is 0 Å². The highest BCUT2D eigenvalue weighted by Crippen LogP contribution is 2.36. The Hall–Kier alpha value is -3.55. The van der Waals surface area contributed by atoms with E-state index in [4.69, 9.17) is 4.74 Å². The van der Waals surface area contributed by atoms with E-state index in [1.165, 1.54) is 25.1 Å². The molecule has 1 N–H and O–H groups in total. The second kappa shape index (κ2) is 8.22. The number of ether oxygens (including phenoxy) is 1. The number of allylic oxidation sites excluding steroid dienone is 1. The van der Waals surface area contributed by atoms with Gasteiger partial charge in [-0.1, -0.05) is 24.3 Å². The first-order chi connectivity index (χ1) is 13.8. The molecule has 8 heteroatoms. The van der Waals surface area contributed by atoms with Gasteiger partial charge in [0, 0.05) is 11.3 Å². The normalized spacial score (nSPS) is 16.5. The lowest BCUT2D eigenvalue weighted by atomic mass is 9.93. The summed E-state index contributed by atoms with van der Waals surface area (Å²) in [7, 11) is 0. The van der Waals surface area contributed by atoms with E-state index in [1.54, 1.807) is 25.1 Å². The Morgan fingerprint density at radius 2 is 1.79 bits per heavy atom. The van der Waals surface area contributed by atoms with Gasteiger partial charge >= 0.3 is 12.0 Å². The molecule has 150 valence electrons. The summed E-state index contributed by atoms with van der Waals surface area (Å²) in [5.41, 5.74) is 0.380. The van der Waals surface area contributed by atoms with Gasteiger partial charge in [-0.15, -0.1) is 0 Å². The smallest absolute Gasteiger partial charge is 0.338 e. The van der Waals surface area contributed by atoms with E-state index >= 15 is 0 Å². The van der Waals surface area contributed by atoms with Crippen LogP contribution in [0.2, 0.25) is 0 Å². The van der Waals surface area contributed by atoms with Crippen molar-refractivity contribution < 1.29 is 27.9 Å². The fourth-order valence-electron chi connectivity index (χ4n) is 3.14. The summed E-state index contributed by atoms with van der Waals surface area (Å²) in [5.74, 6) is -3.73. The highest BCUT2D eigenvalue weighted by molar-refractivity contribution is 6.08. The predicted octanol–water partition coefficient (Wildman–Crippen LogP) is 3.71. The van der Waals surface area contributed by atoms with Crippen LogP contribution < -0.4 is 5.32 Å². The van der Waals surface area contributed by atoms with E-state index in [0.29, 0.717) is 0 Å². The Labute approximate surface area is 165 Å². The Kier molecular flexibility index (Phi) is 5.72. The number of hydrogen-bond donors (Lipinski definition) is 1. The Morgan fingerprint density at radius 3 is 2.41 bits per heavy atom. The molecule has 3 amide bonds. The molecule has 0 bridgehead atoms. The van der Waals surface area contributed by atoms with Crippen LogP contribution >= 0.6 is 0 Å². The molecule has 0 aliphatic carbocycles. The van der Waals surface area contributed by atoms with Gasteiger partial charge in [0.05, 0.1) is 12.2 Å². The number of carbonyl (C=O) groups excluding carboxylic acids is 3. The first kappa shape index (κ1) is 20.2. The first-order valence-corrected chi connectivity index (χ1v) is 8.87. The van der Waals surface area contributed by atoms with Crippen LogP contribution in [0.5, 0.6) is 0 Å². The minimum absolute atomic E-state index is 0.0401. The van der Waals surface area contributed by atoms with Crippen molar-refractivity contribution in [1.82, 2.24) is 10.2 Å². The molecule has 1 unspecified atom stereocenters. The second-order valence-corrected chi connectivity index (χ2v) is 6.31. The minimum atomic E-state index is -1.29. The molecule has 29 heavy (non-hydrogen) atoms. The lowest BCUT2D eigenvalue weighted by Gasteiger charge is -2.36. The monoisotopic (exact) mass is 400 g/mol. The number of hydrogen-bond acceptors (Lipinski definition) is 4. The average Bonchev–Trinajstić information content (AvgIpc) is 2.70. The van der Waals surface area contributed by atoms with Gasteiger partial charge in [0.25, 0.3) is 5.91 Å². The SMILES string of the molecule is CCOC(=O)C1=C(C)NC(=O)N(C(=O)c2ccccc2)C1c1ccc(F)c(F)c1. The molecule has 2 aromatic rings. The lowest BCUT2D eigenvalue weighted by Crippen LogP contribution is -2.51. The maximum atomic E-state index is 13.9. The number of esters is 1. The van der Waals surface area contributed by atoms with Crippen molar-refractivity contribution in [2.75, 3.05) is 6.61 Å². The number of carbonyl (C=O) groups is 3. The summed E-state index contributed by atoms with van der Waals surface area (Å²) in [4.78, 5) is 39.2. The standard InChI is InChI=1S/C21H18F2N2O4/c1-3-29-20(27)17-12(2)24-21(28)25(19(26)13-7-5-4-6-8-13)18(17)14-9-10-15(22)16(23)11-14/h4-11,18H,3H2,1-2H3,(H,24,28). The van der Waals surface area contributed by atoms with Crippen LogP contribution in [0.15, 0.2) is 59.8 Å². The lowest BCUT2D eigenvalue weighted by molar-refractivity contribution is -0.139. The van der Waals surface area contributed by atoms with Gasteiger partial charge in [-0.05, 0) is 43.7 Å². The van der Waals surface area contributed by atoms with Crippen molar-refractivity contribution in [3.05, 3.63) is 82.6 Å². The van der Waals surface area contributed by atoms with E-state index in [2.05, 4.69) is 5.32 Å². The molecule has 2 aromatic carbocycles. The molecular weight excluding hydrogens is 382 g/mol. The Balaban J connectivity index is 2.19. The number of nitrogens with zero attached hydrogens (tertiary/aromatic N) is 1. The summed E-state index contributed by atoms with van der Waals surface area (Å²) in [5, 5.41) is 2.47. The zero-order chi connectivity index (χ0) is 21.1. The maximum absolute atomic E-state index is 13.9. The van der Waals surface area contributed by atoms with Crippen LogP contribution in [0.3, 0.4) is 0 Å². The quantitative estimate of drug-likeness (QED) is 0.794. The molecular formula is C21H18F2N2O4. The van der Waals surface area contributed by atoms with Crippen LogP contribution in [0.1, 0.15) is 35.8 Å². The highest BCUT2D eigenvalue weighted by atomic mass is 19.2. The fraction of sp³-hybridized carbons (Fsp3) is 0.190. The maximum Gasteiger partial charge on any atom is 0.338 e. The molecule has 0 aromatic heterocycles. The first-order valence-electron chi connectivity index (χ1n) is 8.87. The Morgan fingerprint density at radius 1 is 1.10 bits per heavy atom. The van der Waals surface area contributed by atoms with E-state index in [9.17, 15) is 23.2 Å². The van der Waals surface area contributed by atoms with Crippen molar-refractivity contribution >= 4 is 17.9 Å². The molecule has 0 saturated heterocycles. The van der Waals surface area contributed by atoms with Crippen molar-refractivity contribution in [3.8, 4) is 0 Å². The van der Waals surface area contributed by atoms with Gasteiger partial charge in [0.2, 0.25) is 0 Å². The molecule has 0 saturated carbocycles. The van der Waals surface area contributed by atoms with E-state index in [1.807, 2.05) is 0 Å². The summed E-state index contributed by atoms with van der Waals surface area (Å²) in [6.07, 6.45) is 0. The Bertz CT molecular complexity index is 1000. The predicted molar refractivity (Wildman–Crippen MR) is 99.6 cm³/mol. The van der Waals surface area contributed by atoms with E-state index in [-0.39, 0.29) is 29.0 Å². The van der Waals surface area contributed by atoms with Crippen molar-refractivity contribution in [2.24, 2.45) is 0 Å². The fourth-order valence-corrected chi connectivity index (χ4v) is 3.14. The number of halogens is 2. The zero-order valence-electron chi connectivity index (χ0n) is 15.7. The molecule has 1 aliphatic rings. The van der Waals surface area contributed by atoms with E-state index < -0.39 is 35.6 Å². The molecule has 1 heterocycles. The molecule has 6 nitrogen and oxygen atoms in total. The van der Waals surface area contributed by atoms with Crippen molar-refractivity contribution in [2.45, 2.75) is 19.9 Å². The second-order valence-electron chi connectivity index (χ2n) is 6.31. The number of urea groups is 1. The third-order valence-electron chi connectivity index (χ3n) is 4.44. The molecule has 3 rings (SSSR count). The molecule has 0 fully saturated rings. The van der Waals surface area contributed by atoms with Gasteiger partial charge in [-0.25, -0.2) is 23.3 Å². The van der Waals surface area contributed by atoms with Gasteiger partial charge in [0.15, 0.2) is 11.6 Å². The van der Waals surface area contributed by atoms with Crippen LogP contribution in [0, 0.1) is 11.6 Å². The number of nitrogens with one attached hydrogen (secondary N) is 1. The van der Waals surface area contributed by atoms with Crippen LogP contribution in [-0.2, 0) is 9.53 Å². The third-order valence-corrected chi connectivity index (χ3v) is 4.44. The molecule has 0 spiro atoms. The van der Waals surface area contributed by atoms with Crippen molar-refractivity contribution in [1.29, 1.82) is 0 Å². The van der Waals surface area contributed by atoms with Crippen molar-refractivity contribution in [3.63, 3.8) is 0 Å². The van der Waals surface area contributed by atoms with Crippen LogP contribution in [-0.4, -0.2) is 29.4 Å². The summed E-state index contributed by atoms with van der Waals surface area (Å²) in [6, 6.07) is 8.83. The minimum Gasteiger partial charge on any atom is -0.463 e. The largest absolute Gasteiger partial charge is 0.463 e. The van der Waals surface area contributed by atoms with Gasteiger partial charge < -0.3 is 10.1 Å². The highest BCUT2D eigenvalue weighted by Gasteiger charge is 2.42. The average molecular weight is 400 g/mol. The number of imide groups is 1. The van der Waals surface area contributed by atoms with Gasteiger partial charge in [-0.3, -0.25) is 4.79 Å². The van der Waals surface area contributed by atoms with Crippen LogP contribution in [0.25, 0.3) is 0 Å². The van der Waals surface area contributed by atoms with E-state index in [0.717, 1.165) is 17.0 Å². The summed E-state index contributed by atoms with van der Waals surface area (Å²) < 4.78 is 32.5. The number of amides is 3. The van der Waals surface area contributed by atoms with Crippen LogP contribution in [0.4, 0.5) is 13.6 Å². The third kappa shape index (κ3) is 3.87. The number of rotatable bonds is 4. The zero-order valence-corrected chi connectivity index (χ0v) is 15.7. The molecule has 1 atom stereocenters. The topological polar surface area (TPSA) is 75.7 Å². The number of benzene rings is 2. The van der Waals surface area contributed by atoms with Gasteiger partial charge in [0.1, 0.15) is 6.04 Å². The summed E-state index contributed by atoms with van der Waals surface area (Å²) >= 11 is 0. The summed E-state index contributed by atoms with van der Waals surface area (Å²) in [6.45, 7) is 3.14.